The number of hydrogen-bond acceptors (Lipinski definition) is 8. The quantitative estimate of drug-likeness (QED) is 0.277. The minimum absolute atomic E-state index is 0.0124. The first-order valence-electron chi connectivity index (χ1n) is 14.9. The number of hydrogen-bond donors (Lipinski definition) is 2. The molecule has 0 radical (unpaired) electrons. The zero-order chi connectivity index (χ0) is 29.6. The number of nitrogens with zero attached hydrogens (tertiary/aromatic N) is 3. The van der Waals surface area contributed by atoms with Crippen LogP contribution in [0.5, 0.6) is 0 Å². The summed E-state index contributed by atoms with van der Waals surface area (Å²) in [7, 11) is 1.76. The molecule has 0 unspecified atom stereocenters. The van der Waals surface area contributed by atoms with Crippen molar-refractivity contribution in [3.05, 3.63) is 107 Å². The van der Waals surface area contributed by atoms with Crippen molar-refractivity contribution in [2.45, 2.75) is 57.0 Å². The lowest BCUT2D eigenvalue weighted by Gasteiger charge is -2.38. The van der Waals surface area contributed by atoms with Gasteiger partial charge in [0.1, 0.15) is 5.69 Å². The smallest absolute Gasteiger partial charge is 0.271 e. The number of carbonyl (C=O) groups excluding carboxylic acids is 1. The topological polar surface area (TPSA) is 106 Å². The molecule has 3 heterocycles. The number of nitrogens with one attached hydrogen (secondary N) is 1. The van der Waals surface area contributed by atoms with Gasteiger partial charge in [0, 0.05) is 38.2 Å². The highest BCUT2D eigenvalue weighted by Crippen LogP contribution is 2.38. The van der Waals surface area contributed by atoms with E-state index >= 15 is 0 Å². The van der Waals surface area contributed by atoms with Crippen LogP contribution in [-0.2, 0) is 27.4 Å². The van der Waals surface area contributed by atoms with Crippen molar-refractivity contribution in [2.75, 3.05) is 26.8 Å². The van der Waals surface area contributed by atoms with Crippen molar-refractivity contribution in [3.63, 3.8) is 0 Å². The predicted octanol–water partition coefficient (Wildman–Crippen LogP) is 4.71. The van der Waals surface area contributed by atoms with E-state index in [0.29, 0.717) is 18.1 Å². The number of amides is 1. The largest absolute Gasteiger partial charge is 0.392 e. The van der Waals surface area contributed by atoms with Crippen LogP contribution in [0.25, 0.3) is 11.0 Å². The Morgan fingerprint density at radius 3 is 2.51 bits per heavy atom. The van der Waals surface area contributed by atoms with Crippen LogP contribution in [0.1, 0.15) is 64.4 Å². The molecular weight excluding hydrogens is 544 g/mol. The highest BCUT2D eigenvalue weighted by molar-refractivity contribution is 5.93. The molecule has 2 fully saturated rings. The molecule has 0 bridgehead atoms. The molecule has 6 rings (SSSR count). The number of methoxy groups -OCH3 is 1. The number of aliphatic hydroxyl groups is 1. The van der Waals surface area contributed by atoms with Crippen molar-refractivity contribution in [3.8, 4) is 0 Å². The van der Waals surface area contributed by atoms with Crippen molar-refractivity contribution in [1.29, 1.82) is 0 Å². The molecule has 0 spiro atoms. The number of benzene rings is 3. The molecule has 2 N–H and O–H groups in total. The zero-order valence-corrected chi connectivity index (χ0v) is 24.4. The molecule has 4 atom stereocenters. The molecule has 9 nitrogen and oxygen atoms in total. The van der Waals surface area contributed by atoms with Crippen LogP contribution < -0.4 is 5.32 Å². The summed E-state index contributed by atoms with van der Waals surface area (Å²) in [5, 5.41) is 12.4. The van der Waals surface area contributed by atoms with E-state index in [0.717, 1.165) is 66.7 Å². The van der Waals surface area contributed by atoms with Crippen molar-refractivity contribution >= 4 is 16.9 Å². The third-order valence-electron chi connectivity index (χ3n) is 8.30. The second-order valence-electron chi connectivity index (χ2n) is 11.3. The molecular formula is C34H38N4O5. The van der Waals surface area contributed by atoms with Crippen molar-refractivity contribution < 1.29 is 24.1 Å². The maximum absolute atomic E-state index is 12.8. The summed E-state index contributed by atoms with van der Waals surface area (Å²) in [5.74, 6) is -0.270. The minimum atomic E-state index is -0.527. The highest BCUT2D eigenvalue weighted by atomic mass is 16.7. The van der Waals surface area contributed by atoms with Crippen molar-refractivity contribution in [1.82, 2.24) is 20.2 Å². The van der Waals surface area contributed by atoms with E-state index in [2.05, 4.69) is 20.2 Å². The fraction of sp³-hybridized carbons (Fsp3) is 0.382. The second-order valence-corrected chi connectivity index (χ2v) is 11.3. The van der Waals surface area contributed by atoms with Gasteiger partial charge in [0.15, 0.2) is 6.29 Å². The van der Waals surface area contributed by atoms with Gasteiger partial charge in [-0.3, -0.25) is 14.7 Å². The van der Waals surface area contributed by atoms with Gasteiger partial charge in [0.25, 0.3) is 5.91 Å². The molecule has 1 amide bonds. The Hall–Kier alpha value is -3.73. The lowest BCUT2D eigenvalue weighted by atomic mass is 9.99. The van der Waals surface area contributed by atoms with Gasteiger partial charge in [0.2, 0.25) is 0 Å². The van der Waals surface area contributed by atoms with Crippen LogP contribution in [0.4, 0.5) is 0 Å². The van der Waals surface area contributed by atoms with E-state index in [1.165, 1.54) is 6.20 Å². The number of aliphatic hydroxyl groups excluding tert-OH is 1. The Kier molecular flexibility index (Phi) is 9.36. The Labute approximate surface area is 251 Å². The first kappa shape index (κ1) is 29.3. The van der Waals surface area contributed by atoms with Gasteiger partial charge in [-0.15, -0.1) is 0 Å². The van der Waals surface area contributed by atoms with E-state index < -0.39 is 6.29 Å². The number of rotatable bonds is 10. The number of para-hydroxylation sites is 2. The molecule has 2 saturated heterocycles. The summed E-state index contributed by atoms with van der Waals surface area (Å²) in [4.78, 5) is 24.0. The van der Waals surface area contributed by atoms with Crippen LogP contribution in [0.15, 0.2) is 79.0 Å². The maximum atomic E-state index is 12.8. The molecule has 4 aromatic rings. The highest BCUT2D eigenvalue weighted by Gasteiger charge is 2.35. The number of ether oxygens (including phenoxy) is 3. The van der Waals surface area contributed by atoms with E-state index in [4.69, 9.17) is 14.2 Å². The summed E-state index contributed by atoms with van der Waals surface area (Å²) in [6.07, 6.45) is 3.87. The number of carbonyl (C=O) groups is 1. The second kappa shape index (κ2) is 13.7. The van der Waals surface area contributed by atoms with Crippen LogP contribution in [0.2, 0.25) is 0 Å². The molecule has 2 aliphatic rings. The van der Waals surface area contributed by atoms with Gasteiger partial charge in [0.05, 0.1) is 42.7 Å². The summed E-state index contributed by atoms with van der Waals surface area (Å²) >= 11 is 0. The Bertz CT molecular complexity index is 1510. The lowest BCUT2D eigenvalue weighted by molar-refractivity contribution is -0.253. The van der Waals surface area contributed by atoms with Gasteiger partial charge in [-0.05, 0) is 48.2 Å². The van der Waals surface area contributed by atoms with Crippen LogP contribution in [0, 0.1) is 0 Å². The standard InChI is InChI=1S/C34H38N4O5/c1-41-22-27-5-4-16-38(27)20-28-17-32(25-12-10-24(21-39)11-13-25)43-34(42-28)26-14-8-23(9-15-26)18-36-33(40)31-19-35-29-6-2-3-7-30(29)37-31/h2-3,6-15,19,27-28,32,34,39H,4-5,16-18,20-22H2,1H3,(H,36,40)/t27-,28-,32+,34+/m0/s1. The fourth-order valence-electron chi connectivity index (χ4n) is 5.94. The SMILES string of the molecule is COC[C@@H]1CCCN1C[C@@H]1C[C@H](c2ccc(CO)cc2)O[C@H](c2ccc(CNC(=O)c3cnc4ccccc4n3)cc2)O1. The monoisotopic (exact) mass is 582 g/mol. The van der Waals surface area contributed by atoms with Gasteiger partial charge in [-0.25, -0.2) is 4.98 Å². The van der Waals surface area contributed by atoms with Gasteiger partial charge >= 0.3 is 0 Å². The molecule has 43 heavy (non-hydrogen) atoms. The molecule has 9 heteroatoms. The number of aromatic nitrogens is 2. The van der Waals surface area contributed by atoms with E-state index in [-0.39, 0.29) is 30.4 Å². The van der Waals surface area contributed by atoms with E-state index in [1.54, 1.807) is 7.11 Å². The van der Waals surface area contributed by atoms with E-state index in [9.17, 15) is 9.90 Å². The van der Waals surface area contributed by atoms with Crippen LogP contribution >= 0.6 is 0 Å². The van der Waals surface area contributed by atoms with E-state index in [1.807, 2.05) is 72.8 Å². The van der Waals surface area contributed by atoms with Gasteiger partial charge in [-0.2, -0.15) is 0 Å². The summed E-state index contributed by atoms with van der Waals surface area (Å²) in [6, 6.07) is 23.8. The molecule has 2 aliphatic heterocycles. The lowest BCUT2D eigenvalue weighted by Crippen LogP contribution is -2.42. The Morgan fingerprint density at radius 1 is 1.00 bits per heavy atom. The molecule has 224 valence electrons. The average molecular weight is 583 g/mol. The van der Waals surface area contributed by atoms with Gasteiger partial charge < -0.3 is 24.6 Å². The molecule has 3 aromatic carbocycles. The Morgan fingerprint density at radius 2 is 1.74 bits per heavy atom. The van der Waals surface area contributed by atoms with Gasteiger partial charge in [-0.1, -0.05) is 60.7 Å². The summed E-state index contributed by atoms with van der Waals surface area (Å²) < 4.78 is 18.6. The first-order chi connectivity index (χ1) is 21.1. The Balaban J connectivity index is 1.13. The third-order valence-corrected chi connectivity index (χ3v) is 8.30. The molecule has 0 aliphatic carbocycles. The van der Waals surface area contributed by atoms with Crippen molar-refractivity contribution in [2.24, 2.45) is 0 Å². The molecule has 0 saturated carbocycles. The molecule has 1 aromatic heterocycles. The number of likely N-dealkylation sites (tertiary alicyclic amines) is 1. The normalized spacial score (nSPS) is 22.6. The maximum Gasteiger partial charge on any atom is 0.271 e. The zero-order valence-electron chi connectivity index (χ0n) is 24.4. The minimum Gasteiger partial charge on any atom is -0.392 e. The fourth-order valence-corrected chi connectivity index (χ4v) is 5.94. The number of fused-ring (bicyclic) bond motifs is 1. The third kappa shape index (κ3) is 7.09. The summed E-state index contributed by atoms with van der Waals surface area (Å²) in [5.41, 5.74) is 5.55. The van der Waals surface area contributed by atoms with Crippen LogP contribution in [0.3, 0.4) is 0 Å². The predicted molar refractivity (Wildman–Crippen MR) is 162 cm³/mol. The van der Waals surface area contributed by atoms with Crippen LogP contribution in [-0.4, -0.2) is 64.8 Å². The first-order valence-corrected chi connectivity index (χ1v) is 14.9. The summed E-state index contributed by atoms with van der Waals surface area (Å²) in [6.45, 7) is 2.96. The average Bonchev–Trinajstić information content (AvgIpc) is 3.49.